The van der Waals surface area contributed by atoms with Gasteiger partial charge < -0.3 is 4.90 Å². The number of carbonyl (C=O) groups is 1. The summed E-state index contributed by atoms with van der Waals surface area (Å²) in [6, 6.07) is 4.71. The molecule has 1 aliphatic rings. The van der Waals surface area contributed by atoms with Crippen molar-refractivity contribution < 1.29 is 22.0 Å². The fourth-order valence-electron chi connectivity index (χ4n) is 2.89. The zero-order chi connectivity index (χ0) is 19.4. The number of halogens is 2. The SMILES string of the molecule is O=C(c1ccsc1)N1CCN(CCNS(=O)(=O)c2c(F)cccc2F)CC1. The molecule has 0 saturated carbocycles. The molecule has 2 heterocycles. The molecular weight excluding hydrogens is 396 g/mol. The molecular formula is C17H19F2N3O3S2. The minimum absolute atomic E-state index is 0.00775. The van der Waals surface area contributed by atoms with E-state index in [9.17, 15) is 22.0 Å². The topological polar surface area (TPSA) is 69.7 Å². The van der Waals surface area contributed by atoms with Gasteiger partial charge in [-0.1, -0.05) is 6.07 Å². The number of rotatable bonds is 6. The Morgan fingerprint density at radius 2 is 1.78 bits per heavy atom. The number of piperazine rings is 1. The first kappa shape index (κ1) is 19.9. The number of sulfonamides is 1. The Hall–Kier alpha value is -1.88. The highest BCUT2D eigenvalue weighted by Gasteiger charge is 2.25. The van der Waals surface area contributed by atoms with Gasteiger partial charge in [0.25, 0.3) is 5.91 Å². The third kappa shape index (κ3) is 4.70. The minimum atomic E-state index is -4.27. The Balaban J connectivity index is 1.49. The average Bonchev–Trinajstić information content (AvgIpc) is 3.16. The number of thiophene rings is 1. The summed E-state index contributed by atoms with van der Waals surface area (Å²) in [5, 5.41) is 3.67. The van der Waals surface area contributed by atoms with Crippen molar-refractivity contribution in [2.45, 2.75) is 4.90 Å². The first-order valence-corrected chi connectivity index (χ1v) is 10.8. The van der Waals surface area contributed by atoms with Gasteiger partial charge in [0.1, 0.15) is 11.6 Å². The smallest absolute Gasteiger partial charge is 0.254 e. The number of nitrogens with one attached hydrogen (secondary N) is 1. The van der Waals surface area contributed by atoms with Gasteiger partial charge in [-0.15, -0.1) is 0 Å². The number of hydrogen-bond acceptors (Lipinski definition) is 5. The van der Waals surface area contributed by atoms with Crippen LogP contribution in [0.4, 0.5) is 8.78 Å². The highest BCUT2D eigenvalue weighted by atomic mass is 32.2. The molecule has 0 atom stereocenters. The molecule has 0 unspecified atom stereocenters. The molecule has 27 heavy (non-hydrogen) atoms. The Labute approximate surface area is 160 Å². The van der Waals surface area contributed by atoms with Crippen molar-refractivity contribution >= 4 is 27.3 Å². The molecule has 10 heteroatoms. The highest BCUT2D eigenvalue weighted by Crippen LogP contribution is 2.18. The monoisotopic (exact) mass is 415 g/mol. The summed E-state index contributed by atoms with van der Waals surface area (Å²) in [5.74, 6) is -2.25. The van der Waals surface area contributed by atoms with Crippen LogP contribution in [0.25, 0.3) is 0 Å². The van der Waals surface area contributed by atoms with Crippen LogP contribution < -0.4 is 4.72 Å². The van der Waals surface area contributed by atoms with E-state index in [4.69, 9.17) is 0 Å². The van der Waals surface area contributed by atoms with E-state index in [1.807, 2.05) is 15.7 Å². The van der Waals surface area contributed by atoms with Crippen LogP contribution in [-0.4, -0.2) is 63.4 Å². The van der Waals surface area contributed by atoms with Crippen molar-refractivity contribution in [2.24, 2.45) is 0 Å². The predicted octanol–water partition coefficient (Wildman–Crippen LogP) is 1.76. The molecule has 1 fully saturated rings. The second kappa shape index (κ2) is 8.42. The fraction of sp³-hybridized carbons (Fsp3) is 0.353. The van der Waals surface area contributed by atoms with Gasteiger partial charge in [-0.25, -0.2) is 21.9 Å². The van der Waals surface area contributed by atoms with Crippen LogP contribution in [0.1, 0.15) is 10.4 Å². The van der Waals surface area contributed by atoms with E-state index < -0.39 is 26.6 Å². The molecule has 1 aromatic heterocycles. The number of carbonyl (C=O) groups excluding carboxylic acids is 1. The Morgan fingerprint density at radius 3 is 2.37 bits per heavy atom. The van der Waals surface area contributed by atoms with E-state index in [0.29, 0.717) is 38.3 Å². The number of amides is 1. The summed E-state index contributed by atoms with van der Waals surface area (Å²) in [7, 11) is -4.27. The second-order valence-electron chi connectivity index (χ2n) is 6.09. The van der Waals surface area contributed by atoms with E-state index in [2.05, 4.69) is 4.72 Å². The molecule has 0 radical (unpaired) electrons. The molecule has 1 saturated heterocycles. The molecule has 6 nitrogen and oxygen atoms in total. The van der Waals surface area contributed by atoms with Gasteiger partial charge in [0, 0.05) is 44.6 Å². The van der Waals surface area contributed by atoms with Gasteiger partial charge in [0.05, 0.1) is 5.56 Å². The van der Waals surface area contributed by atoms with Crippen molar-refractivity contribution in [1.29, 1.82) is 0 Å². The van der Waals surface area contributed by atoms with Crippen LogP contribution in [0.2, 0.25) is 0 Å². The maximum Gasteiger partial charge on any atom is 0.254 e. The van der Waals surface area contributed by atoms with Crippen molar-refractivity contribution in [3.8, 4) is 0 Å². The Bertz CT molecular complexity index is 876. The highest BCUT2D eigenvalue weighted by molar-refractivity contribution is 7.89. The normalized spacial score (nSPS) is 15.9. The lowest BCUT2D eigenvalue weighted by atomic mass is 10.2. The lowest BCUT2D eigenvalue weighted by Crippen LogP contribution is -2.50. The van der Waals surface area contributed by atoms with Crippen molar-refractivity contribution in [2.75, 3.05) is 39.3 Å². The molecule has 2 aromatic rings. The van der Waals surface area contributed by atoms with Crippen molar-refractivity contribution in [3.05, 3.63) is 52.2 Å². The predicted molar refractivity (Wildman–Crippen MR) is 98.2 cm³/mol. The first-order valence-electron chi connectivity index (χ1n) is 8.36. The lowest BCUT2D eigenvalue weighted by molar-refractivity contribution is 0.0640. The third-order valence-corrected chi connectivity index (χ3v) is 6.53. The van der Waals surface area contributed by atoms with Crippen molar-refractivity contribution in [3.63, 3.8) is 0 Å². The van der Waals surface area contributed by atoms with Crippen LogP contribution in [0.3, 0.4) is 0 Å². The first-order chi connectivity index (χ1) is 12.9. The Kier molecular flexibility index (Phi) is 6.20. The van der Waals surface area contributed by atoms with Gasteiger partial charge in [-0.2, -0.15) is 11.3 Å². The summed E-state index contributed by atoms with van der Waals surface area (Å²) in [4.78, 5) is 15.1. The van der Waals surface area contributed by atoms with Gasteiger partial charge in [-0.05, 0) is 23.6 Å². The standard InChI is InChI=1S/C17H19F2N3O3S2/c18-14-2-1-3-15(19)16(14)27(24,25)20-5-6-21-7-9-22(10-8-21)17(23)13-4-11-26-12-13/h1-4,11-12,20H,5-10H2. The summed E-state index contributed by atoms with van der Waals surface area (Å²) in [6.07, 6.45) is 0. The van der Waals surface area contributed by atoms with Crippen LogP contribution in [0, 0.1) is 11.6 Å². The van der Waals surface area contributed by atoms with Gasteiger partial charge in [-0.3, -0.25) is 9.69 Å². The molecule has 146 valence electrons. The van der Waals surface area contributed by atoms with E-state index in [1.165, 1.54) is 11.3 Å². The van der Waals surface area contributed by atoms with Gasteiger partial charge >= 0.3 is 0 Å². The zero-order valence-electron chi connectivity index (χ0n) is 14.4. The largest absolute Gasteiger partial charge is 0.336 e. The maximum absolute atomic E-state index is 13.7. The van der Waals surface area contributed by atoms with Gasteiger partial charge in [0.2, 0.25) is 10.0 Å². The number of hydrogen-bond donors (Lipinski definition) is 1. The van der Waals surface area contributed by atoms with Gasteiger partial charge in [0.15, 0.2) is 4.90 Å². The maximum atomic E-state index is 13.7. The molecule has 0 bridgehead atoms. The fourth-order valence-corrected chi connectivity index (χ4v) is 4.68. The number of nitrogens with zero attached hydrogens (tertiary/aromatic N) is 2. The average molecular weight is 415 g/mol. The summed E-state index contributed by atoms with van der Waals surface area (Å²) in [5.41, 5.74) is 0.674. The molecule has 3 rings (SSSR count). The Morgan fingerprint density at radius 1 is 1.11 bits per heavy atom. The lowest BCUT2D eigenvalue weighted by Gasteiger charge is -2.34. The molecule has 0 aliphatic carbocycles. The van der Waals surface area contributed by atoms with Crippen LogP contribution in [0.5, 0.6) is 0 Å². The quantitative estimate of drug-likeness (QED) is 0.781. The van der Waals surface area contributed by atoms with Crippen molar-refractivity contribution in [1.82, 2.24) is 14.5 Å². The summed E-state index contributed by atoms with van der Waals surface area (Å²) in [6.45, 7) is 2.70. The second-order valence-corrected chi connectivity index (χ2v) is 8.58. The molecule has 0 spiro atoms. The minimum Gasteiger partial charge on any atom is -0.336 e. The third-order valence-electron chi connectivity index (χ3n) is 4.34. The molecule has 1 amide bonds. The summed E-state index contributed by atoms with van der Waals surface area (Å²) >= 11 is 1.47. The van der Waals surface area contributed by atoms with E-state index in [-0.39, 0.29) is 12.5 Å². The molecule has 1 aromatic carbocycles. The molecule has 1 N–H and O–H groups in total. The van der Waals surface area contributed by atoms with Crippen LogP contribution >= 0.6 is 11.3 Å². The van der Waals surface area contributed by atoms with E-state index in [0.717, 1.165) is 18.2 Å². The van der Waals surface area contributed by atoms with E-state index >= 15 is 0 Å². The van der Waals surface area contributed by atoms with Crippen LogP contribution in [0.15, 0.2) is 39.9 Å². The summed E-state index contributed by atoms with van der Waals surface area (Å²) < 4.78 is 53.8. The molecule has 1 aliphatic heterocycles. The number of benzene rings is 1. The van der Waals surface area contributed by atoms with E-state index in [1.54, 1.807) is 11.0 Å². The van der Waals surface area contributed by atoms with Crippen LogP contribution in [-0.2, 0) is 10.0 Å². The zero-order valence-corrected chi connectivity index (χ0v) is 16.0.